The van der Waals surface area contributed by atoms with Gasteiger partial charge in [-0.05, 0) is 13.8 Å². The topological polar surface area (TPSA) is 110 Å². The average molecular weight is 265 g/mol. The normalized spacial score (nSPS) is 15.6. The molecular formula is C11H15N5O3. The fraction of sp³-hybridized carbons (Fsp3) is 0.455. The van der Waals surface area contributed by atoms with Crippen LogP contribution in [0.2, 0.25) is 0 Å². The number of anilines is 1. The van der Waals surface area contributed by atoms with Crippen LogP contribution in [0.1, 0.15) is 23.1 Å². The number of hydrogen-bond donors (Lipinski definition) is 2. The van der Waals surface area contributed by atoms with E-state index in [4.69, 9.17) is 5.73 Å². The number of nitrogens with one attached hydrogen (secondary N) is 1. The molecule has 1 aliphatic rings. The van der Waals surface area contributed by atoms with Gasteiger partial charge in [-0.2, -0.15) is 5.10 Å². The van der Waals surface area contributed by atoms with Crippen molar-refractivity contribution in [2.24, 2.45) is 0 Å². The lowest BCUT2D eigenvalue weighted by Crippen LogP contribution is -2.53. The van der Waals surface area contributed by atoms with Crippen molar-refractivity contribution in [1.29, 1.82) is 0 Å². The smallest absolute Gasteiger partial charge is 0.275 e. The zero-order chi connectivity index (χ0) is 14.2. The minimum Gasteiger partial charge on any atom is -0.395 e. The maximum Gasteiger partial charge on any atom is 0.275 e. The van der Waals surface area contributed by atoms with Crippen LogP contribution in [-0.4, -0.2) is 45.5 Å². The molecule has 3 N–H and O–H groups in total. The Hall–Kier alpha value is -2.38. The lowest BCUT2D eigenvalue weighted by molar-refractivity contribution is -0.135. The van der Waals surface area contributed by atoms with Gasteiger partial charge in [0.2, 0.25) is 11.8 Å². The average Bonchev–Trinajstić information content (AvgIpc) is 2.63. The largest absolute Gasteiger partial charge is 0.395 e. The molecule has 0 unspecified atom stereocenters. The lowest BCUT2D eigenvalue weighted by atomic mass is 10.2. The van der Waals surface area contributed by atoms with Crippen molar-refractivity contribution in [2.45, 2.75) is 20.4 Å². The van der Waals surface area contributed by atoms with E-state index in [0.717, 1.165) is 0 Å². The number of nitrogens with two attached hydrogens (primary N) is 1. The number of piperazine rings is 1. The first-order chi connectivity index (χ1) is 8.93. The molecule has 1 saturated heterocycles. The van der Waals surface area contributed by atoms with Crippen molar-refractivity contribution in [3.8, 4) is 0 Å². The van der Waals surface area contributed by atoms with Crippen molar-refractivity contribution < 1.29 is 14.4 Å². The van der Waals surface area contributed by atoms with Gasteiger partial charge < -0.3 is 10.6 Å². The van der Waals surface area contributed by atoms with Gasteiger partial charge in [0, 0.05) is 6.54 Å². The number of rotatable bonds is 2. The fourth-order valence-electron chi connectivity index (χ4n) is 1.98. The second-order valence-electron chi connectivity index (χ2n) is 4.30. The minimum absolute atomic E-state index is 0.155. The molecule has 1 aliphatic heterocycles. The van der Waals surface area contributed by atoms with Gasteiger partial charge in [-0.1, -0.05) is 0 Å². The Balaban J connectivity index is 2.34. The zero-order valence-electron chi connectivity index (χ0n) is 10.8. The summed E-state index contributed by atoms with van der Waals surface area (Å²) in [4.78, 5) is 36.1. The second-order valence-corrected chi connectivity index (χ2v) is 4.30. The van der Waals surface area contributed by atoms with Gasteiger partial charge in [-0.15, -0.1) is 0 Å². The highest BCUT2D eigenvalue weighted by atomic mass is 16.2. The number of aryl methyl sites for hydroxylation is 2. The molecule has 0 atom stereocenters. The van der Waals surface area contributed by atoms with Crippen LogP contribution >= 0.6 is 0 Å². The van der Waals surface area contributed by atoms with Crippen LogP contribution in [0.15, 0.2) is 0 Å². The Bertz CT molecular complexity index is 547. The van der Waals surface area contributed by atoms with Crippen molar-refractivity contribution in [3.05, 3.63) is 11.4 Å². The molecule has 0 aliphatic carbocycles. The molecule has 19 heavy (non-hydrogen) atoms. The Labute approximate surface area is 109 Å². The summed E-state index contributed by atoms with van der Waals surface area (Å²) >= 11 is 0. The van der Waals surface area contributed by atoms with Gasteiger partial charge in [0.05, 0.1) is 11.4 Å². The first-order valence-electron chi connectivity index (χ1n) is 5.88. The molecule has 1 aromatic heterocycles. The van der Waals surface area contributed by atoms with Crippen LogP contribution < -0.4 is 11.1 Å². The summed E-state index contributed by atoms with van der Waals surface area (Å²) in [5.74, 6) is -1.45. The molecule has 0 bridgehead atoms. The molecule has 8 heteroatoms. The molecule has 3 amide bonds. The summed E-state index contributed by atoms with van der Waals surface area (Å²) in [6.07, 6.45) is 0. The fourth-order valence-corrected chi connectivity index (χ4v) is 1.98. The Kier molecular flexibility index (Phi) is 3.24. The minimum atomic E-state index is -0.498. The number of hydrogen-bond acceptors (Lipinski definition) is 5. The van der Waals surface area contributed by atoms with E-state index in [1.54, 1.807) is 6.92 Å². The number of imide groups is 1. The van der Waals surface area contributed by atoms with E-state index in [9.17, 15) is 14.4 Å². The predicted molar refractivity (Wildman–Crippen MR) is 66.1 cm³/mol. The van der Waals surface area contributed by atoms with Crippen LogP contribution in [0.3, 0.4) is 0 Å². The van der Waals surface area contributed by atoms with Crippen LogP contribution in [0.4, 0.5) is 5.69 Å². The van der Waals surface area contributed by atoms with Crippen molar-refractivity contribution >= 4 is 23.4 Å². The molecule has 1 fully saturated rings. The van der Waals surface area contributed by atoms with Crippen LogP contribution in [-0.2, 0) is 16.1 Å². The second kappa shape index (κ2) is 4.71. The van der Waals surface area contributed by atoms with Crippen molar-refractivity contribution in [2.75, 3.05) is 18.8 Å². The van der Waals surface area contributed by atoms with E-state index < -0.39 is 17.7 Å². The number of nitrogen functional groups attached to an aromatic ring is 1. The molecule has 0 spiro atoms. The molecule has 102 valence electrons. The lowest BCUT2D eigenvalue weighted by Gasteiger charge is -2.25. The monoisotopic (exact) mass is 265 g/mol. The van der Waals surface area contributed by atoms with E-state index in [0.29, 0.717) is 12.2 Å². The van der Waals surface area contributed by atoms with Crippen molar-refractivity contribution in [1.82, 2.24) is 20.0 Å². The third-order valence-corrected chi connectivity index (χ3v) is 2.91. The summed E-state index contributed by atoms with van der Waals surface area (Å²) in [5.41, 5.74) is 6.90. The maximum atomic E-state index is 12.4. The number of amides is 3. The highest BCUT2D eigenvalue weighted by molar-refractivity contribution is 6.06. The van der Waals surface area contributed by atoms with E-state index >= 15 is 0 Å². The standard InChI is InChI=1S/C11H15N5O3/c1-3-16-10(9(12)6(2)14-16)11(19)15-4-7(17)13-8(18)5-15/h3-5,12H2,1-2H3,(H,13,17,18). The van der Waals surface area contributed by atoms with Gasteiger partial charge >= 0.3 is 0 Å². The molecule has 0 radical (unpaired) electrons. The SMILES string of the molecule is CCn1nc(C)c(N)c1C(=O)N1CC(=O)NC(=O)C1. The molecule has 2 heterocycles. The quantitative estimate of drug-likeness (QED) is 0.659. The third kappa shape index (κ3) is 2.28. The van der Waals surface area contributed by atoms with E-state index in [1.165, 1.54) is 9.58 Å². The highest BCUT2D eigenvalue weighted by Gasteiger charge is 2.30. The molecular weight excluding hydrogens is 250 g/mol. The first kappa shape index (κ1) is 13.1. The van der Waals surface area contributed by atoms with Crippen LogP contribution in [0, 0.1) is 6.92 Å². The van der Waals surface area contributed by atoms with E-state index in [1.807, 2.05) is 6.92 Å². The summed E-state index contributed by atoms with van der Waals surface area (Å²) < 4.78 is 1.48. The van der Waals surface area contributed by atoms with Crippen molar-refractivity contribution in [3.63, 3.8) is 0 Å². The number of aromatic nitrogens is 2. The van der Waals surface area contributed by atoms with Gasteiger partial charge in [-0.3, -0.25) is 24.4 Å². The van der Waals surface area contributed by atoms with Gasteiger partial charge in [0.1, 0.15) is 18.8 Å². The van der Waals surface area contributed by atoms with Gasteiger partial charge in [0.15, 0.2) is 0 Å². The predicted octanol–water partition coefficient (Wildman–Crippen LogP) is -1.11. The van der Waals surface area contributed by atoms with E-state index in [-0.39, 0.29) is 24.5 Å². The summed E-state index contributed by atoms with van der Waals surface area (Å²) in [5, 5.41) is 6.28. The summed E-state index contributed by atoms with van der Waals surface area (Å²) in [6, 6.07) is 0. The van der Waals surface area contributed by atoms with Gasteiger partial charge in [-0.25, -0.2) is 0 Å². The summed E-state index contributed by atoms with van der Waals surface area (Å²) in [7, 11) is 0. The first-order valence-corrected chi connectivity index (χ1v) is 5.88. The zero-order valence-corrected chi connectivity index (χ0v) is 10.8. The summed E-state index contributed by atoms with van der Waals surface area (Å²) in [6.45, 7) is 3.70. The molecule has 2 rings (SSSR count). The molecule has 0 aromatic carbocycles. The molecule has 1 aromatic rings. The Morgan fingerprint density at radius 2 is 1.95 bits per heavy atom. The Morgan fingerprint density at radius 3 is 2.47 bits per heavy atom. The number of carbonyl (C=O) groups is 3. The Morgan fingerprint density at radius 1 is 1.37 bits per heavy atom. The van der Waals surface area contributed by atoms with E-state index in [2.05, 4.69) is 10.4 Å². The third-order valence-electron chi connectivity index (χ3n) is 2.91. The maximum absolute atomic E-state index is 12.4. The van der Waals surface area contributed by atoms with Crippen LogP contribution in [0.5, 0.6) is 0 Å². The molecule has 8 nitrogen and oxygen atoms in total. The number of carbonyl (C=O) groups excluding carboxylic acids is 3. The highest BCUT2D eigenvalue weighted by Crippen LogP contribution is 2.18. The van der Waals surface area contributed by atoms with Crippen LogP contribution in [0.25, 0.3) is 0 Å². The molecule has 0 saturated carbocycles. The number of nitrogens with zero attached hydrogens (tertiary/aromatic N) is 3. The van der Waals surface area contributed by atoms with Gasteiger partial charge in [0.25, 0.3) is 5.91 Å².